The lowest BCUT2D eigenvalue weighted by atomic mass is 10.1. The number of morpholine rings is 1. The Morgan fingerprint density at radius 2 is 1.64 bits per heavy atom. The van der Waals surface area contributed by atoms with Crippen LogP contribution in [-0.4, -0.2) is 91.3 Å². The molecule has 138 valence electrons. The van der Waals surface area contributed by atoms with Gasteiger partial charge in [0.2, 0.25) is 5.91 Å². The molecule has 0 bridgehead atoms. The van der Waals surface area contributed by atoms with Crippen LogP contribution in [0.1, 0.15) is 18.1 Å². The molecule has 6 nitrogen and oxygen atoms in total. The summed E-state index contributed by atoms with van der Waals surface area (Å²) in [7, 11) is 0. The predicted octanol–water partition coefficient (Wildman–Crippen LogP) is 0.587. The van der Waals surface area contributed by atoms with Gasteiger partial charge >= 0.3 is 0 Å². The molecular formula is C19H29N3O3. The van der Waals surface area contributed by atoms with E-state index in [0.29, 0.717) is 26.2 Å². The normalized spacial score (nSPS) is 21.2. The van der Waals surface area contributed by atoms with Crippen molar-refractivity contribution in [1.82, 2.24) is 14.7 Å². The number of carbonyl (C=O) groups excluding carboxylic acids is 1. The zero-order chi connectivity index (χ0) is 17.5. The van der Waals surface area contributed by atoms with Crippen molar-refractivity contribution in [3.63, 3.8) is 0 Å². The highest BCUT2D eigenvalue weighted by atomic mass is 16.5. The third kappa shape index (κ3) is 5.51. The van der Waals surface area contributed by atoms with E-state index < -0.39 is 6.10 Å². The molecule has 1 amide bonds. The molecule has 2 saturated heterocycles. The van der Waals surface area contributed by atoms with Crippen LogP contribution in [0, 0.1) is 0 Å². The molecule has 0 radical (unpaired) electrons. The number of nitrogens with zero attached hydrogens (tertiary/aromatic N) is 3. The second kappa shape index (κ2) is 9.29. The molecule has 0 aromatic heterocycles. The van der Waals surface area contributed by atoms with Crippen molar-refractivity contribution in [3.05, 3.63) is 35.9 Å². The van der Waals surface area contributed by atoms with Crippen molar-refractivity contribution in [3.8, 4) is 0 Å². The van der Waals surface area contributed by atoms with E-state index in [1.807, 2.05) is 35.2 Å². The minimum Gasteiger partial charge on any atom is -0.387 e. The summed E-state index contributed by atoms with van der Waals surface area (Å²) >= 11 is 0. The van der Waals surface area contributed by atoms with E-state index in [0.717, 1.165) is 51.4 Å². The van der Waals surface area contributed by atoms with Gasteiger partial charge in [-0.2, -0.15) is 0 Å². The summed E-state index contributed by atoms with van der Waals surface area (Å²) in [5.74, 6) is 0.241. The molecule has 6 heteroatoms. The molecule has 1 aromatic carbocycles. The summed E-state index contributed by atoms with van der Waals surface area (Å²) in [6.45, 7) is 8.06. The molecule has 1 aromatic rings. The van der Waals surface area contributed by atoms with Crippen molar-refractivity contribution < 1.29 is 14.6 Å². The Morgan fingerprint density at radius 3 is 2.32 bits per heavy atom. The van der Waals surface area contributed by atoms with Crippen molar-refractivity contribution in [2.75, 3.05) is 65.6 Å². The van der Waals surface area contributed by atoms with Gasteiger partial charge in [-0.15, -0.1) is 0 Å². The van der Waals surface area contributed by atoms with Crippen LogP contribution >= 0.6 is 0 Å². The highest BCUT2D eigenvalue weighted by Gasteiger charge is 2.22. The lowest BCUT2D eigenvalue weighted by Gasteiger charge is -2.36. The van der Waals surface area contributed by atoms with E-state index >= 15 is 0 Å². The third-order valence-electron chi connectivity index (χ3n) is 5.09. The van der Waals surface area contributed by atoms with Crippen LogP contribution in [-0.2, 0) is 9.53 Å². The van der Waals surface area contributed by atoms with Crippen LogP contribution in [0.25, 0.3) is 0 Å². The Morgan fingerprint density at radius 1 is 1.00 bits per heavy atom. The molecule has 1 N–H and O–H groups in total. The Bertz CT molecular complexity index is 526. The summed E-state index contributed by atoms with van der Waals surface area (Å²) < 4.78 is 5.29. The molecule has 1 atom stereocenters. The average Bonchev–Trinajstić information content (AvgIpc) is 2.68. The Hall–Kier alpha value is -1.47. The molecule has 0 unspecified atom stereocenters. The zero-order valence-corrected chi connectivity index (χ0v) is 14.8. The number of piperazine rings is 1. The first-order chi connectivity index (χ1) is 12.2. The molecule has 2 heterocycles. The van der Waals surface area contributed by atoms with Crippen molar-refractivity contribution in [2.24, 2.45) is 0 Å². The quantitative estimate of drug-likeness (QED) is 0.816. The van der Waals surface area contributed by atoms with E-state index in [9.17, 15) is 9.90 Å². The topological polar surface area (TPSA) is 56.2 Å². The molecule has 25 heavy (non-hydrogen) atoms. The molecule has 3 rings (SSSR count). The number of amides is 1. The molecule has 2 aliphatic rings. The first-order valence-electron chi connectivity index (χ1n) is 9.25. The van der Waals surface area contributed by atoms with Crippen LogP contribution in [0.2, 0.25) is 0 Å². The maximum absolute atomic E-state index is 12.2. The molecular weight excluding hydrogens is 318 g/mol. The van der Waals surface area contributed by atoms with Crippen molar-refractivity contribution >= 4 is 5.91 Å². The lowest BCUT2D eigenvalue weighted by Crippen LogP contribution is -2.48. The number of carbonyl (C=O) groups is 1. The minimum absolute atomic E-state index is 0.241. The number of ether oxygens (including phenoxy) is 1. The number of β-amino-alcohol motifs (C(OH)–C–C–N with tert-alkyl or cyclic N) is 1. The number of hydrogen-bond donors (Lipinski definition) is 1. The largest absolute Gasteiger partial charge is 0.387 e. The average molecular weight is 347 g/mol. The smallest absolute Gasteiger partial charge is 0.224 e. The van der Waals surface area contributed by atoms with Crippen LogP contribution in [0.15, 0.2) is 30.3 Å². The fraction of sp³-hybridized carbons (Fsp3) is 0.632. The van der Waals surface area contributed by atoms with Crippen LogP contribution < -0.4 is 0 Å². The van der Waals surface area contributed by atoms with Gasteiger partial charge in [-0.3, -0.25) is 9.69 Å². The minimum atomic E-state index is -0.435. The number of aliphatic hydroxyl groups is 1. The van der Waals surface area contributed by atoms with Gasteiger partial charge in [0.1, 0.15) is 0 Å². The molecule has 2 aliphatic heterocycles. The summed E-state index contributed by atoms with van der Waals surface area (Å²) in [6, 6.07) is 9.83. The van der Waals surface area contributed by atoms with Crippen LogP contribution in [0.4, 0.5) is 0 Å². The molecule has 0 saturated carbocycles. The predicted molar refractivity (Wildman–Crippen MR) is 96.3 cm³/mol. The first-order valence-corrected chi connectivity index (χ1v) is 9.25. The second-order valence-corrected chi connectivity index (χ2v) is 6.81. The van der Waals surface area contributed by atoms with Crippen LogP contribution in [0.3, 0.4) is 0 Å². The van der Waals surface area contributed by atoms with E-state index in [-0.39, 0.29) is 5.91 Å². The van der Waals surface area contributed by atoms with Gasteiger partial charge in [0.15, 0.2) is 0 Å². The first kappa shape index (κ1) is 18.3. The van der Waals surface area contributed by atoms with E-state index in [4.69, 9.17) is 4.74 Å². The summed E-state index contributed by atoms with van der Waals surface area (Å²) in [5.41, 5.74) is 0.973. The molecule has 0 spiro atoms. The van der Waals surface area contributed by atoms with Gasteiger partial charge in [0.25, 0.3) is 0 Å². The second-order valence-electron chi connectivity index (χ2n) is 6.81. The molecule has 2 fully saturated rings. The number of aliphatic hydroxyl groups excluding tert-OH is 1. The fourth-order valence-electron chi connectivity index (χ4n) is 3.45. The third-order valence-corrected chi connectivity index (χ3v) is 5.09. The fourth-order valence-corrected chi connectivity index (χ4v) is 3.45. The SMILES string of the molecule is O=C(CCN1CCN(C[C@@H](O)c2ccccc2)CC1)N1CCOCC1. The maximum Gasteiger partial charge on any atom is 0.224 e. The Balaban J connectivity index is 1.35. The van der Waals surface area contributed by atoms with Gasteiger partial charge in [-0.05, 0) is 5.56 Å². The van der Waals surface area contributed by atoms with Crippen molar-refractivity contribution in [1.29, 1.82) is 0 Å². The van der Waals surface area contributed by atoms with Gasteiger partial charge in [-0.1, -0.05) is 30.3 Å². The van der Waals surface area contributed by atoms with E-state index in [2.05, 4.69) is 9.80 Å². The summed E-state index contributed by atoms with van der Waals surface area (Å²) in [4.78, 5) is 18.8. The zero-order valence-electron chi connectivity index (χ0n) is 14.8. The van der Waals surface area contributed by atoms with Gasteiger partial charge in [-0.25, -0.2) is 0 Å². The van der Waals surface area contributed by atoms with E-state index in [1.54, 1.807) is 0 Å². The Labute approximate surface area is 150 Å². The van der Waals surface area contributed by atoms with Gasteiger partial charge in [0, 0.05) is 58.8 Å². The lowest BCUT2D eigenvalue weighted by molar-refractivity contribution is -0.135. The summed E-state index contributed by atoms with van der Waals surface area (Å²) in [6.07, 6.45) is 0.155. The highest BCUT2D eigenvalue weighted by Crippen LogP contribution is 2.15. The van der Waals surface area contributed by atoms with Crippen molar-refractivity contribution in [2.45, 2.75) is 12.5 Å². The molecule has 0 aliphatic carbocycles. The van der Waals surface area contributed by atoms with Crippen LogP contribution in [0.5, 0.6) is 0 Å². The monoisotopic (exact) mass is 347 g/mol. The van der Waals surface area contributed by atoms with Gasteiger partial charge in [0.05, 0.1) is 19.3 Å². The van der Waals surface area contributed by atoms with Gasteiger partial charge < -0.3 is 19.6 Å². The number of rotatable bonds is 6. The summed E-state index contributed by atoms with van der Waals surface area (Å²) in [5, 5.41) is 10.3. The number of benzene rings is 1. The number of hydrogen-bond acceptors (Lipinski definition) is 5. The highest BCUT2D eigenvalue weighted by molar-refractivity contribution is 5.76. The van der Waals surface area contributed by atoms with E-state index in [1.165, 1.54) is 0 Å². The maximum atomic E-state index is 12.2. The Kier molecular flexibility index (Phi) is 6.81. The standard InChI is InChI=1S/C19H29N3O3/c23-18(17-4-2-1-3-5-17)16-21-10-8-20(9-11-21)7-6-19(24)22-12-14-25-15-13-22/h1-5,18,23H,6-16H2/t18-/m1/s1.